The zero-order chi connectivity index (χ0) is 19.8. The summed E-state index contributed by atoms with van der Waals surface area (Å²) in [6.07, 6.45) is 9.74. The van der Waals surface area contributed by atoms with E-state index in [1.165, 1.54) is 26.4 Å². The van der Waals surface area contributed by atoms with Gasteiger partial charge in [-0.2, -0.15) is 0 Å². The molecule has 0 atom stereocenters. The molecule has 0 bridgehead atoms. The number of rotatable bonds is 5. The second-order valence-electron chi connectivity index (χ2n) is 7.57. The number of hydrogen-bond donors (Lipinski definition) is 1. The van der Waals surface area contributed by atoms with Crippen LogP contribution in [-0.2, 0) is 16.1 Å². The number of pyridine rings is 1. The van der Waals surface area contributed by atoms with Gasteiger partial charge in [-0.3, -0.25) is 9.79 Å². The molecular weight excluding hydrogens is 356 g/mol. The van der Waals surface area contributed by atoms with Crippen molar-refractivity contribution in [1.82, 2.24) is 15.2 Å². The Balaban J connectivity index is 1.50. The van der Waals surface area contributed by atoms with Crippen LogP contribution in [0.3, 0.4) is 0 Å². The first-order valence-corrected chi connectivity index (χ1v) is 10.3. The molecule has 1 saturated carbocycles. The lowest BCUT2D eigenvalue weighted by molar-refractivity contribution is -0.146. The SMILES string of the molecule is CN=C(NCc1ccnc(OC2CCCCC2)c1)N1CCC(C(=O)OC)CC1. The average molecular weight is 389 g/mol. The average Bonchev–Trinajstić information content (AvgIpc) is 2.75. The summed E-state index contributed by atoms with van der Waals surface area (Å²) in [6.45, 7) is 2.25. The first-order valence-electron chi connectivity index (χ1n) is 10.3. The van der Waals surface area contributed by atoms with E-state index in [9.17, 15) is 4.79 Å². The number of esters is 1. The molecule has 2 aliphatic rings. The molecule has 1 aromatic rings. The van der Waals surface area contributed by atoms with Gasteiger partial charge in [0.05, 0.1) is 13.0 Å². The Hall–Kier alpha value is -2.31. The van der Waals surface area contributed by atoms with Crippen molar-refractivity contribution in [2.75, 3.05) is 27.2 Å². The molecule has 0 spiro atoms. The van der Waals surface area contributed by atoms with Crippen LogP contribution >= 0.6 is 0 Å². The molecule has 28 heavy (non-hydrogen) atoms. The number of guanidine groups is 1. The summed E-state index contributed by atoms with van der Waals surface area (Å²) in [5.41, 5.74) is 1.12. The summed E-state index contributed by atoms with van der Waals surface area (Å²) in [6, 6.07) is 4.01. The third kappa shape index (κ3) is 5.59. The van der Waals surface area contributed by atoms with Gasteiger partial charge >= 0.3 is 5.97 Å². The van der Waals surface area contributed by atoms with Gasteiger partial charge in [0, 0.05) is 38.9 Å². The van der Waals surface area contributed by atoms with Gasteiger partial charge in [0.25, 0.3) is 0 Å². The first-order chi connectivity index (χ1) is 13.7. The maximum absolute atomic E-state index is 11.7. The van der Waals surface area contributed by atoms with Gasteiger partial charge in [0.2, 0.25) is 5.88 Å². The van der Waals surface area contributed by atoms with E-state index in [1.54, 1.807) is 13.2 Å². The minimum absolute atomic E-state index is 0.000881. The fourth-order valence-corrected chi connectivity index (χ4v) is 3.99. The predicted molar refractivity (Wildman–Crippen MR) is 108 cm³/mol. The van der Waals surface area contributed by atoms with E-state index >= 15 is 0 Å². The minimum atomic E-state index is -0.107. The molecule has 7 heteroatoms. The smallest absolute Gasteiger partial charge is 0.308 e. The molecule has 1 aliphatic carbocycles. The van der Waals surface area contributed by atoms with Crippen LogP contribution in [0.4, 0.5) is 0 Å². The van der Waals surface area contributed by atoms with Gasteiger partial charge in [0.15, 0.2) is 5.96 Å². The number of methoxy groups -OCH3 is 1. The quantitative estimate of drug-likeness (QED) is 0.475. The normalized spacial score (nSPS) is 19.4. The monoisotopic (exact) mass is 388 g/mol. The van der Waals surface area contributed by atoms with Crippen LogP contribution in [-0.4, -0.2) is 55.2 Å². The van der Waals surface area contributed by atoms with E-state index in [-0.39, 0.29) is 11.9 Å². The van der Waals surface area contributed by atoms with Gasteiger partial charge in [-0.05, 0) is 50.2 Å². The summed E-state index contributed by atoms with van der Waals surface area (Å²) < 4.78 is 10.9. The second kappa shape index (κ2) is 10.3. The third-order valence-corrected chi connectivity index (χ3v) is 5.63. The fourth-order valence-electron chi connectivity index (χ4n) is 3.99. The number of nitrogens with one attached hydrogen (secondary N) is 1. The van der Waals surface area contributed by atoms with Crippen molar-refractivity contribution in [3.05, 3.63) is 23.9 Å². The van der Waals surface area contributed by atoms with Crippen molar-refractivity contribution in [3.8, 4) is 5.88 Å². The first kappa shape index (κ1) is 20.4. The highest BCUT2D eigenvalue weighted by Gasteiger charge is 2.27. The van der Waals surface area contributed by atoms with Crippen molar-refractivity contribution in [1.29, 1.82) is 0 Å². The number of carbonyl (C=O) groups excluding carboxylic acids is 1. The van der Waals surface area contributed by atoms with Gasteiger partial charge in [-0.1, -0.05) is 6.42 Å². The predicted octanol–water partition coefficient (Wildman–Crippen LogP) is 2.75. The number of nitrogens with zero attached hydrogens (tertiary/aromatic N) is 3. The molecule has 0 aromatic carbocycles. The Morgan fingerprint density at radius 1 is 1.25 bits per heavy atom. The molecule has 1 N–H and O–H groups in total. The lowest BCUT2D eigenvalue weighted by Gasteiger charge is -2.33. The van der Waals surface area contributed by atoms with Crippen LogP contribution in [0.15, 0.2) is 23.3 Å². The number of ether oxygens (including phenoxy) is 2. The largest absolute Gasteiger partial charge is 0.474 e. The minimum Gasteiger partial charge on any atom is -0.474 e. The number of hydrogen-bond acceptors (Lipinski definition) is 5. The van der Waals surface area contributed by atoms with Gasteiger partial charge in [-0.15, -0.1) is 0 Å². The number of piperidine rings is 1. The zero-order valence-electron chi connectivity index (χ0n) is 17.0. The molecule has 1 aliphatic heterocycles. The standard InChI is InChI=1S/C21H32N4O3/c1-22-21(25-12-9-17(10-13-25)20(26)27-2)24-15-16-8-11-23-19(14-16)28-18-6-4-3-5-7-18/h8,11,14,17-18H,3-7,9-10,12-13,15H2,1-2H3,(H,22,24). The van der Waals surface area contributed by atoms with Crippen LogP contribution in [0.2, 0.25) is 0 Å². The molecular formula is C21H32N4O3. The van der Waals surface area contributed by atoms with E-state index in [2.05, 4.69) is 20.2 Å². The van der Waals surface area contributed by atoms with Gasteiger partial charge < -0.3 is 19.7 Å². The molecule has 0 radical (unpaired) electrons. The topological polar surface area (TPSA) is 76.1 Å². The lowest BCUT2D eigenvalue weighted by Crippen LogP contribution is -2.46. The van der Waals surface area contributed by atoms with Gasteiger partial charge in [-0.25, -0.2) is 4.98 Å². The summed E-state index contributed by atoms with van der Waals surface area (Å²) in [4.78, 5) is 22.7. The number of carbonyl (C=O) groups is 1. The summed E-state index contributed by atoms with van der Waals surface area (Å²) in [5, 5.41) is 3.42. The van der Waals surface area contributed by atoms with Crippen molar-refractivity contribution >= 4 is 11.9 Å². The third-order valence-electron chi connectivity index (χ3n) is 5.63. The summed E-state index contributed by atoms with van der Waals surface area (Å²) >= 11 is 0. The fraction of sp³-hybridized carbons (Fsp3) is 0.667. The highest BCUT2D eigenvalue weighted by atomic mass is 16.5. The summed E-state index contributed by atoms with van der Waals surface area (Å²) in [7, 11) is 3.25. The summed E-state index contributed by atoms with van der Waals surface area (Å²) in [5.74, 6) is 1.46. The van der Waals surface area contributed by atoms with Crippen LogP contribution in [0.1, 0.15) is 50.5 Å². The van der Waals surface area contributed by atoms with Crippen molar-refractivity contribution < 1.29 is 14.3 Å². The Bertz CT molecular complexity index is 665. The van der Waals surface area contributed by atoms with E-state index in [0.717, 1.165) is 50.3 Å². The van der Waals surface area contributed by atoms with E-state index in [0.29, 0.717) is 18.5 Å². The van der Waals surface area contributed by atoms with Crippen molar-refractivity contribution in [2.24, 2.45) is 10.9 Å². The van der Waals surface area contributed by atoms with Crippen molar-refractivity contribution in [3.63, 3.8) is 0 Å². The number of aromatic nitrogens is 1. The molecule has 154 valence electrons. The molecule has 1 saturated heterocycles. The zero-order valence-corrected chi connectivity index (χ0v) is 17.0. The Morgan fingerprint density at radius 3 is 2.68 bits per heavy atom. The molecule has 0 unspecified atom stereocenters. The van der Waals surface area contributed by atoms with Crippen LogP contribution in [0, 0.1) is 5.92 Å². The molecule has 2 heterocycles. The van der Waals surface area contributed by atoms with Crippen LogP contribution in [0.25, 0.3) is 0 Å². The van der Waals surface area contributed by atoms with E-state index in [4.69, 9.17) is 9.47 Å². The molecule has 2 fully saturated rings. The van der Waals surface area contributed by atoms with Crippen molar-refractivity contribution in [2.45, 2.75) is 57.6 Å². The lowest BCUT2D eigenvalue weighted by atomic mass is 9.97. The molecule has 0 amide bonds. The van der Waals surface area contributed by atoms with Crippen LogP contribution in [0.5, 0.6) is 5.88 Å². The molecule has 7 nitrogen and oxygen atoms in total. The highest BCUT2D eigenvalue weighted by Crippen LogP contribution is 2.23. The van der Waals surface area contributed by atoms with E-state index in [1.807, 2.05) is 12.1 Å². The van der Waals surface area contributed by atoms with Gasteiger partial charge in [0.1, 0.15) is 6.10 Å². The molecule has 1 aromatic heterocycles. The Morgan fingerprint density at radius 2 is 2.00 bits per heavy atom. The molecule has 3 rings (SSSR count). The van der Waals surface area contributed by atoms with E-state index < -0.39 is 0 Å². The van der Waals surface area contributed by atoms with Crippen LogP contribution < -0.4 is 10.1 Å². The Labute approximate surface area is 167 Å². The highest BCUT2D eigenvalue weighted by molar-refractivity contribution is 5.80. The maximum Gasteiger partial charge on any atom is 0.308 e. The number of likely N-dealkylation sites (tertiary alicyclic amines) is 1. The maximum atomic E-state index is 11.7. The second-order valence-corrected chi connectivity index (χ2v) is 7.57. The Kier molecular flexibility index (Phi) is 7.51. The number of aliphatic imine (C=N–C) groups is 1.